The van der Waals surface area contributed by atoms with Crippen molar-refractivity contribution in [1.29, 1.82) is 0 Å². The molecule has 41 heavy (non-hydrogen) atoms. The van der Waals surface area contributed by atoms with Gasteiger partial charge in [0.1, 0.15) is 11.8 Å². The average molecular weight is 580 g/mol. The summed E-state index contributed by atoms with van der Waals surface area (Å²) in [5.41, 5.74) is 3.35. The van der Waals surface area contributed by atoms with Crippen LogP contribution in [0.25, 0.3) is 0 Å². The predicted molar refractivity (Wildman–Crippen MR) is 163 cm³/mol. The highest BCUT2D eigenvalue weighted by Crippen LogP contribution is 2.30. The van der Waals surface area contributed by atoms with E-state index in [0.717, 1.165) is 29.4 Å². The molecule has 0 saturated heterocycles. The summed E-state index contributed by atoms with van der Waals surface area (Å²) in [6.07, 6.45) is 2.62. The number of methoxy groups -OCH3 is 1. The normalized spacial score (nSPS) is 11.9. The van der Waals surface area contributed by atoms with Gasteiger partial charge < -0.3 is 15.0 Å². The Morgan fingerprint density at radius 3 is 2.27 bits per heavy atom. The minimum atomic E-state index is -3.64. The van der Waals surface area contributed by atoms with Gasteiger partial charge in [-0.2, -0.15) is 0 Å². The lowest BCUT2D eigenvalue weighted by molar-refractivity contribution is -0.141. The largest absolute Gasteiger partial charge is 0.495 e. The maximum absolute atomic E-state index is 13.9. The van der Waals surface area contributed by atoms with E-state index in [9.17, 15) is 18.0 Å². The number of ether oxygens (including phenoxy) is 1. The Labute approximate surface area is 244 Å². The van der Waals surface area contributed by atoms with Crippen LogP contribution in [0.15, 0.2) is 78.9 Å². The quantitative estimate of drug-likeness (QED) is 0.281. The van der Waals surface area contributed by atoms with E-state index >= 15 is 0 Å². The van der Waals surface area contributed by atoms with Crippen LogP contribution >= 0.6 is 0 Å². The van der Waals surface area contributed by atoms with Gasteiger partial charge >= 0.3 is 0 Å². The number of anilines is 1. The highest BCUT2D eigenvalue weighted by molar-refractivity contribution is 7.92. The van der Waals surface area contributed by atoms with Crippen molar-refractivity contribution in [1.82, 2.24) is 10.2 Å². The molecule has 8 nitrogen and oxygen atoms in total. The lowest BCUT2D eigenvalue weighted by Crippen LogP contribution is -2.50. The van der Waals surface area contributed by atoms with Crippen molar-refractivity contribution in [3.63, 3.8) is 0 Å². The molecule has 0 bridgehead atoms. The molecule has 1 N–H and O–H groups in total. The topological polar surface area (TPSA) is 96.0 Å². The molecule has 220 valence electrons. The molecule has 3 aromatic rings. The van der Waals surface area contributed by atoms with E-state index in [0.29, 0.717) is 24.4 Å². The number of nitrogens with zero attached hydrogens (tertiary/aromatic N) is 2. The number of hydrogen-bond donors (Lipinski definition) is 1. The zero-order valence-electron chi connectivity index (χ0n) is 24.4. The van der Waals surface area contributed by atoms with E-state index in [4.69, 9.17) is 4.74 Å². The number of amides is 2. The molecule has 0 aliphatic carbocycles. The van der Waals surface area contributed by atoms with Crippen LogP contribution < -0.4 is 14.4 Å². The molecule has 0 aliphatic heterocycles. The van der Waals surface area contributed by atoms with E-state index in [1.165, 1.54) is 11.4 Å². The van der Waals surface area contributed by atoms with Gasteiger partial charge in [0.2, 0.25) is 21.8 Å². The first kappa shape index (κ1) is 31.7. The molecule has 3 aromatic carbocycles. The van der Waals surface area contributed by atoms with Crippen LogP contribution in [0.1, 0.15) is 42.9 Å². The minimum absolute atomic E-state index is 0.0688. The Morgan fingerprint density at radius 1 is 0.951 bits per heavy atom. The summed E-state index contributed by atoms with van der Waals surface area (Å²) in [5.74, 6) is 0.0136. The van der Waals surface area contributed by atoms with Gasteiger partial charge in [-0.3, -0.25) is 13.9 Å². The Morgan fingerprint density at radius 2 is 1.61 bits per heavy atom. The first-order chi connectivity index (χ1) is 19.7. The summed E-state index contributed by atoms with van der Waals surface area (Å²) in [6.45, 7) is 4.84. The molecule has 0 aliphatic rings. The maximum atomic E-state index is 13.9. The van der Waals surface area contributed by atoms with Crippen LogP contribution in [0.4, 0.5) is 5.69 Å². The summed E-state index contributed by atoms with van der Waals surface area (Å²) >= 11 is 0. The van der Waals surface area contributed by atoms with Crippen LogP contribution in [0.3, 0.4) is 0 Å². The van der Waals surface area contributed by atoms with E-state index in [2.05, 4.69) is 5.32 Å². The Bertz CT molecular complexity index is 1400. The second-order valence-corrected chi connectivity index (χ2v) is 12.0. The minimum Gasteiger partial charge on any atom is -0.495 e. The first-order valence-corrected chi connectivity index (χ1v) is 15.8. The zero-order chi connectivity index (χ0) is 29.8. The number of aryl methyl sites for hydroxylation is 1. The van der Waals surface area contributed by atoms with Crippen LogP contribution in [0.5, 0.6) is 5.75 Å². The van der Waals surface area contributed by atoms with Crippen molar-refractivity contribution < 1.29 is 22.7 Å². The number of benzene rings is 3. The van der Waals surface area contributed by atoms with E-state index < -0.39 is 16.1 Å². The molecule has 0 saturated carbocycles. The third-order valence-corrected chi connectivity index (χ3v) is 8.11. The van der Waals surface area contributed by atoms with Crippen molar-refractivity contribution in [3.05, 3.63) is 95.6 Å². The Kier molecular flexibility index (Phi) is 11.8. The summed E-state index contributed by atoms with van der Waals surface area (Å²) < 4.78 is 32.1. The molecule has 2 amide bonds. The summed E-state index contributed by atoms with van der Waals surface area (Å²) in [7, 11) is -2.15. The van der Waals surface area contributed by atoms with Crippen LogP contribution in [0.2, 0.25) is 0 Å². The summed E-state index contributed by atoms with van der Waals surface area (Å²) in [5, 5.41) is 2.98. The third-order valence-electron chi connectivity index (χ3n) is 6.93. The maximum Gasteiger partial charge on any atom is 0.243 e. The lowest BCUT2D eigenvalue weighted by Gasteiger charge is -2.32. The van der Waals surface area contributed by atoms with Gasteiger partial charge in [-0.05, 0) is 48.6 Å². The van der Waals surface area contributed by atoms with Crippen LogP contribution in [-0.2, 0) is 32.6 Å². The zero-order valence-corrected chi connectivity index (χ0v) is 25.2. The number of carbonyl (C=O) groups is 2. The van der Waals surface area contributed by atoms with Crippen molar-refractivity contribution in [2.75, 3.05) is 30.8 Å². The molecule has 0 aromatic heterocycles. The highest BCUT2D eigenvalue weighted by Gasteiger charge is 2.31. The lowest BCUT2D eigenvalue weighted by atomic mass is 10.0. The fourth-order valence-corrected chi connectivity index (χ4v) is 5.68. The number of sulfonamides is 1. The number of nitrogens with one attached hydrogen (secondary N) is 1. The van der Waals surface area contributed by atoms with Crippen molar-refractivity contribution >= 4 is 27.5 Å². The first-order valence-electron chi connectivity index (χ1n) is 13.9. The van der Waals surface area contributed by atoms with Crippen molar-refractivity contribution in [2.24, 2.45) is 0 Å². The number of rotatable bonds is 15. The van der Waals surface area contributed by atoms with Gasteiger partial charge in [0, 0.05) is 32.5 Å². The molecule has 0 heterocycles. The molecule has 0 fully saturated rings. The van der Waals surface area contributed by atoms with E-state index in [-0.39, 0.29) is 37.7 Å². The van der Waals surface area contributed by atoms with Crippen molar-refractivity contribution in [3.8, 4) is 5.75 Å². The average Bonchev–Trinajstić information content (AvgIpc) is 2.96. The predicted octanol–water partition coefficient (Wildman–Crippen LogP) is 4.72. The molecular formula is C32H41N3O5S. The molecule has 3 rings (SSSR count). The second-order valence-electron chi connectivity index (χ2n) is 10.1. The van der Waals surface area contributed by atoms with Gasteiger partial charge in [-0.25, -0.2) is 8.42 Å². The number of para-hydroxylation sites is 2. The van der Waals surface area contributed by atoms with Crippen LogP contribution in [0, 0.1) is 6.92 Å². The molecule has 0 radical (unpaired) electrons. The molecular weight excluding hydrogens is 538 g/mol. The molecule has 1 atom stereocenters. The third kappa shape index (κ3) is 9.08. The van der Waals surface area contributed by atoms with Gasteiger partial charge in [0.25, 0.3) is 0 Å². The number of hydrogen-bond acceptors (Lipinski definition) is 5. The van der Waals surface area contributed by atoms with Gasteiger partial charge in [-0.1, -0.05) is 73.7 Å². The van der Waals surface area contributed by atoms with Gasteiger partial charge in [0.05, 0.1) is 19.1 Å². The van der Waals surface area contributed by atoms with Gasteiger partial charge in [-0.15, -0.1) is 0 Å². The highest BCUT2D eigenvalue weighted by atomic mass is 32.2. The molecule has 0 spiro atoms. The van der Waals surface area contributed by atoms with E-state index in [1.807, 2.05) is 68.4 Å². The standard InChI is InChI=1S/C32H41N3O5S/c1-5-21-33-32(37)29(23-26-15-7-6-8-16-26)34(24-27-17-10-9-14-25(27)2)31(36)20-13-22-35(41(4,38)39)28-18-11-12-19-30(28)40-3/h6-12,14-19,29H,5,13,20-24H2,1-4H3,(H,33,37)/t29-/m1/s1. The SMILES string of the molecule is CCCNC(=O)[C@@H](Cc1ccccc1)N(Cc1ccccc1C)C(=O)CCCN(c1ccccc1OC)S(C)(=O)=O. The fraction of sp³-hybridized carbons (Fsp3) is 0.375. The summed E-state index contributed by atoms with van der Waals surface area (Å²) in [6, 6.07) is 23.6. The molecule has 0 unspecified atom stereocenters. The number of carbonyl (C=O) groups excluding carboxylic acids is 2. The molecule has 9 heteroatoms. The fourth-order valence-electron chi connectivity index (χ4n) is 4.71. The monoisotopic (exact) mass is 579 g/mol. The second kappa shape index (κ2) is 15.2. The van der Waals surface area contributed by atoms with Crippen molar-refractivity contribution in [2.45, 2.75) is 52.1 Å². The Hall–Kier alpha value is -3.85. The van der Waals surface area contributed by atoms with E-state index in [1.54, 1.807) is 29.2 Å². The van der Waals surface area contributed by atoms with Gasteiger partial charge in [0.15, 0.2) is 0 Å². The summed E-state index contributed by atoms with van der Waals surface area (Å²) in [4.78, 5) is 29.1. The van der Waals surface area contributed by atoms with Crippen LogP contribution in [-0.4, -0.2) is 57.6 Å². The Balaban J connectivity index is 1.89. The smallest absolute Gasteiger partial charge is 0.243 e.